The number of Topliss-reactive ketones (excluding diaryl/α,β-unsaturated/α-hetero) is 1. The zero-order chi connectivity index (χ0) is 16.7. The van der Waals surface area contributed by atoms with Crippen LogP contribution in [0.25, 0.3) is 0 Å². The summed E-state index contributed by atoms with van der Waals surface area (Å²) in [4.78, 5) is 36.9. The van der Waals surface area contributed by atoms with Crippen LogP contribution in [-0.2, 0) is 4.79 Å². The molecule has 122 valence electrons. The maximum atomic E-state index is 11.9. The minimum Gasteiger partial charge on any atom is -0.459 e. The van der Waals surface area contributed by atoms with E-state index in [1.807, 2.05) is 13.0 Å². The van der Waals surface area contributed by atoms with Gasteiger partial charge in [-0.25, -0.2) is 0 Å². The van der Waals surface area contributed by atoms with Gasteiger partial charge >= 0.3 is 0 Å². The van der Waals surface area contributed by atoms with Crippen molar-refractivity contribution < 1.29 is 18.8 Å². The molecule has 0 fully saturated rings. The van der Waals surface area contributed by atoms with Crippen LogP contribution < -0.4 is 10.6 Å². The van der Waals surface area contributed by atoms with Gasteiger partial charge in [0, 0.05) is 30.8 Å². The fourth-order valence-electron chi connectivity index (χ4n) is 1.90. The maximum absolute atomic E-state index is 11.9. The average molecular weight is 334 g/mol. The van der Waals surface area contributed by atoms with E-state index in [0.717, 1.165) is 4.88 Å². The Morgan fingerprint density at radius 3 is 2.52 bits per heavy atom. The molecule has 7 heteroatoms. The third-order valence-corrected chi connectivity index (χ3v) is 4.11. The van der Waals surface area contributed by atoms with Crippen molar-refractivity contribution in [3.63, 3.8) is 0 Å². The molecule has 0 atom stereocenters. The lowest BCUT2D eigenvalue weighted by molar-refractivity contribution is -0.121. The number of nitrogens with one attached hydrogen (secondary N) is 2. The van der Waals surface area contributed by atoms with Gasteiger partial charge in [-0.15, -0.1) is 11.3 Å². The van der Waals surface area contributed by atoms with Crippen molar-refractivity contribution in [1.82, 2.24) is 10.6 Å². The van der Waals surface area contributed by atoms with Gasteiger partial charge in [0.1, 0.15) is 0 Å². The van der Waals surface area contributed by atoms with Crippen LogP contribution in [0.4, 0.5) is 0 Å². The van der Waals surface area contributed by atoms with Crippen LogP contribution in [0.5, 0.6) is 0 Å². The lowest BCUT2D eigenvalue weighted by atomic mass is 10.2. The number of ketones is 1. The van der Waals surface area contributed by atoms with Crippen molar-refractivity contribution >= 4 is 28.9 Å². The summed E-state index contributed by atoms with van der Waals surface area (Å²) >= 11 is 1.43. The molecule has 0 bridgehead atoms. The van der Waals surface area contributed by atoms with Crippen molar-refractivity contribution in [3.05, 3.63) is 46.0 Å². The predicted octanol–water partition coefficient (Wildman–Crippen LogP) is 2.16. The first-order chi connectivity index (χ1) is 11.1. The maximum Gasteiger partial charge on any atom is 0.287 e. The molecule has 0 saturated heterocycles. The summed E-state index contributed by atoms with van der Waals surface area (Å²) in [5.41, 5.74) is 0. The standard InChI is InChI=1S/C16H18N2O4S/c1-11-4-6-14(23-11)12(19)5-7-15(20)17-8-9-18-16(21)13-3-2-10-22-13/h2-4,6,10H,5,7-9H2,1H3,(H,17,20)(H,18,21). The first kappa shape index (κ1) is 17.0. The Morgan fingerprint density at radius 2 is 1.87 bits per heavy atom. The second-order valence-corrected chi connectivity index (χ2v) is 6.20. The third kappa shape index (κ3) is 5.37. The van der Waals surface area contributed by atoms with Crippen LogP contribution in [0, 0.1) is 6.92 Å². The summed E-state index contributed by atoms with van der Waals surface area (Å²) in [6.45, 7) is 2.53. The minimum atomic E-state index is -0.326. The summed E-state index contributed by atoms with van der Waals surface area (Å²) in [6.07, 6.45) is 1.75. The van der Waals surface area contributed by atoms with Gasteiger partial charge in [0.15, 0.2) is 11.5 Å². The Bertz CT molecular complexity index is 676. The summed E-state index contributed by atoms with van der Waals surface area (Å²) in [5.74, 6) is -0.330. The number of hydrogen-bond donors (Lipinski definition) is 2. The lowest BCUT2D eigenvalue weighted by Gasteiger charge is -2.05. The van der Waals surface area contributed by atoms with Crippen molar-refractivity contribution in [1.29, 1.82) is 0 Å². The monoisotopic (exact) mass is 334 g/mol. The first-order valence-corrected chi connectivity index (χ1v) is 8.06. The third-order valence-electron chi connectivity index (χ3n) is 3.07. The molecule has 0 unspecified atom stereocenters. The van der Waals surface area contributed by atoms with Gasteiger partial charge in [-0.1, -0.05) is 0 Å². The molecule has 0 radical (unpaired) electrons. The Morgan fingerprint density at radius 1 is 1.09 bits per heavy atom. The van der Waals surface area contributed by atoms with E-state index in [4.69, 9.17) is 4.42 Å². The van der Waals surface area contributed by atoms with Crippen molar-refractivity contribution in [2.45, 2.75) is 19.8 Å². The SMILES string of the molecule is Cc1ccc(C(=O)CCC(=O)NCCNC(=O)c2ccco2)s1. The van der Waals surface area contributed by atoms with Gasteiger partial charge in [0.05, 0.1) is 11.1 Å². The van der Waals surface area contributed by atoms with E-state index in [9.17, 15) is 14.4 Å². The summed E-state index contributed by atoms with van der Waals surface area (Å²) in [5, 5.41) is 5.28. The largest absolute Gasteiger partial charge is 0.459 e. The quantitative estimate of drug-likeness (QED) is 0.572. The first-order valence-electron chi connectivity index (χ1n) is 7.24. The topological polar surface area (TPSA) is 88.4 Å². The van der Waals surface area contributed by atoms with E-state index in [1.54, 1.807) is 18.2 Å². The van der Waals surface area contributed by atoms with E-state index >= 15 is 0 Å². The molecular weight excluding hydrogens is 316 g/mol. The molecule has 0 aromatic carbocycles. The number of carbonyl (C=O) groups is 3. The molecule has 0 saturated carbocycles. The van der Waals surface area contributed by atoms with Crippen molar-refractivity contribution in [3.8, 4) is 0 Å². The number of furan rings is 1. The van der Waals surface area contributed by atoms with Gasteiger partial charge < -0.3 is 15.1 Å². The molecule has 2 rings (SSSR count). The Balaban J connectivity index is 1.60. The van der Waals surface area contributed by atoms with Gasteiger partial charge in [-0.05, 0) is 31.2 Å². The molecule has 2 N–H and O–H groups in total. The molecule has 2 amide bonds. The highest BCUT2D eigenvalue weighted by atomic mass is 32.1. The zero-order valence-corrected chi connectivity index (χ0v) is 13.6. The van der Waals surface area contributed by atoms with Crippen molar-refractivity contribution in [2.75, 3.05) is 13.1 Å². The second-order valence-electron chi connectivity index (χ2n) is 4.92. The lowest BCUT2D eigenvalue weighted by Crippen LogP contribution is -2.34. The van der Waals surface area contributed by atoms with Gasteiger partial charge in [0.25, 0.3) is 5.91 Å². The highest BCUT2D eigenvalue weighted by Gasteiger charge is 2.11. The molecule has 0 spiro atoms. The highest BCUT2D eigenvalue weighted by molar-refractivity contribution is 7.14. The second kappa shape index (κ2) is 8.28. The summed E-state index contributed by atoms with van der Waals surface area (Å²) < 4.78 is 4.95. The molecular formula is C16H18N2O4S. The van der Waals surface area contributed by atoms with Crippen LogP contribution in [0.3, 0.4) is 0 Å². The van der Waals surface area contributed by atoms with Crippen LogP contribution in [0.2, 0.25) is 0 Å². The van der Waals surface area contributed by atoms with E-state index in [2.05, 4.69) is 10.6 Å². The van der Waals surface area contributed by atoms with Gasteiger partial charge in [-0.3, -0.25) is 14.4 Å². The normalized spacial score (nSPS) is 10.3. The Hall–Kier alpha value is -2.41. The van der Waals surface area contributed by atoms with E-state index in [1.165, 1.54) is 17.6 Å². The molecule has 2 heterocycles. The van der Waals surface area contributed by atoms with E-state index < -0.39 is 0 Å². The van der Waals surface area contributed by atoms with Crippen LogP contribution in [-0.4, -0.2) is 30.7 Å². The van der Waals surface area contributed by atoms with Crippen LogP contribution >= 0.6 is 11.3 Å². The van der Waals surface area contributed by atoms with E-state index in [-0.39, 0.29) is 36.2 Å². The molecule has 2 aromatic rings. The zero-order valence-electron chi connectivity index (χ0n) is 12.8. The number of aryl methyl sites for hydroxylation is 1. The number of thiophene rings is 1. The number of carbonyl (C=O) groups excluding carboxylic acids is 3. The van der Waals surface area contributed by atoms with Gasteiger partial charge in [-0.2, -0.15) is 0 Å². The molecule has 23 heavy (non-hydrogen) atoms. The summed E-state index contributed by atoms with van der Waals surface area (Å²) in [7, 11) is 0. The fraction of sp³-hybridized carbons (Fsp3) is 0.312. The summed E-state index contributed by atoms with van der Waals surface area (Å²) in [6, 6.07) is 6.86. The molecule has 0 aliphatic carbocycles. The minimum absolute atomic E-state index is 0.0237. The number of rotatable bonds is 8. The van der Waals surface area contributed by atoms with Gasteiger partial charge in [0.2, 0.25) is 5.91 Å². The molecule has 2 aromatic heterocycles. The average Bonchev–Trinajstić information content (AvgIpc) is 3.20. The Kier molecular flexibility index (Phi) is 6.10. The van der Waals surface area contributed by atoms with Crippen molar-refractivity contribution in [2.24, 2.45) is 0 Å². The predicted molar refractivity (Wildman–Crippen MR) is 86.7 cm³/mol. The molecule has 0 aliphatic heterocycles. The van der Waals surface area contributed by atoms with Crippen LogP contribution in [0.15, 0.2) is 34.9 Å². The fourth-order valence-corrected chi connectivity index (χ4v) is 2.73. The van der Waals surface area contributed by atoms with E-state index in [0.29, 0.717) is 18.0 Å². The van der Waals surface area contributed by atoms with Crippen LogP contribution in [0.1, 0.15) is 37.9 Å². The molecule has 6 nitrogen and oxygen atoms in total. The smallest absolute Gasteiger partial charge is 0.287 e. The highest BCUT2D eigenvalue weighted by Crippen LogP contribution is 2.17. The molecule has 0 aliphatic rings. The Labute approximate surface area is 137 Å². The number of hydrogen-bond acceptors (Lipinski definition) is 5. The number of amides is 2.